The van der Waals surface area contributed by atoms with E-state index in [1.807, 2.05) is 26.2 Å². The Balaban J connectivity index is 1.79. The van der Waals surface area contributed by atoms with Gasteiger partial charge in [0.25, 0.3) is 5.91 Å². The number of nitrogens with one attached hydrogen (secondary N) is 1. The molecule has 5 nitrogen and oxygen atoms in total. The third-order valence-corrected chi connectivity index (χ3v) is 5.06. The topological polar surface area (TPSA) is 62.3 Å². The number of thiazole rings is 1. The molecule has 0 saturated carbocycles. The van der Waals surface area contributed by atoms with Crippen molar-refractivity contribution in [1.29, 1.82) is 0 Å². The predicted octanol–water partition coefficient (Wildman–Crippen LogP) is 4.03. The van der Waals surface area contributed by atoms with E-state index in [0.29, 0.717) is 10.6 Å². The molecule has 2 aromatic rings. The quantitative estimate of drug-likeness (QED) is 0.816. The van der Waals surface area contributed by atoms with E-state index in [1.165, 1.54) is 23.5 Å². The van der Waals surface area contributed by atoms with Crippen molar-refractivity contribution in [2.75, 3.05) is 0 Å². The highest BCUT2D eigenvalue weighted by molar-refractivity contribution is 7.09. The molecular formula is C17H17ClFN3O2S. The minimum absolute atomic E-state index is 0.0325. The second kappa shape index (κ2) is 6.38. The van der Waals surface area contributed by atoms with Gasteiger partial charge >= 0.3 is 6.03 Å². The minimum atomic E-state index is -0.915. The molecule has 1 aromatic heterocycles. The summed E-state index contributed by atoms with van der Waals surface area (Å²) in [6.45, 7) is 6.23. The summed E-state index contributed by atoms with van der Waals surface area (Å²) in [7, 11) is 0. The Bertz CT molecular complexity index is 847. The van der Waals surface area contributed by atoms with Gasteiger partial charge in [0, 0.05) is 10.8 Å². The van der Waals surface area contributed by atoms with Gasteiger partial charge in [-0.05, 0) is 17.7 Å². The van der Waals surface area contributed by atoms with Gasteiger partial charge in [-0.2, -0.15) is 0 Å². The molecule has 3 rings (SSSR count). The zero-order valence-electron chi connectivity index (χ0n) is 14.0. The number of carbonyl (C=O) groups is 2. The Morgan fingerprint density at radius 3 is 2.68 bits per heavy atom. The van der Waals surface area contributed by atoms with Crippen molar-refractivity contribution in [3.8, 4) is 0 Å². The van der Waals surface area contributed by atoms with Crippen LogP contribution in [-0.4, -0.2) is 21.8 Å². The highest BCUT2D eigenvalue weighted by Gasteiger charge is 2.39. The fourth-order valence-corrected chi connectivity index (χ4v) is 3.58. The molecule has 8 heteroatoms. The number of nitrogens with zero attached hydrogens (tertiary/aromatic N) is 2. The Kier molecular flexibility index (Phi) is 4.55. The third-order valence-electron chi connectivity index (χ3n) is 3.92. The van der Waals surface area contributed by atoms with Crippen LogP contribution >= 0.6 is 22.9 Å². The van der Waals surface area contributed by atoms with E-state index in [1.54, 1.807) is 0 Å². The number of carbonyl (C=O) groups excluding carboxylic acids is 2. The van der Waals surface area contributed by atoms with Gasteiger partial charge < -0.3 is 5.32 Å². The summed E-state index contributed by atoms with van der Waals surface area (Å²) in [5.74, 6) is -1.06. The van der Waals surface area contributed by atoms with Crippen molar-refractivity contribution in [3.63, 3.8) is 0 Å². The fraction of sp³-hybridized carbons (Fsp3) is 0.353. The van der Waals surface area contributed by atoms with Gasteiger partial charge in [0.15, 0.2) is 0 Å². The molecule has 1 aliphatic heterocycles. The average Bonchev–Trinajstić information content (AvgIpc) is 3.10. The second-order valence-electron chi connectivity index (χ2n) is 6.86. The monoisotopic (exact) mass is 381 g/mol. The number of halogens is 2. The molecule has 2 heterocycles. The van der Waals surface area contributed by atoms with Gasteiger partial charge in [-0.3, -0.25) is 9.69 Å². The van der Waals surface area contributed by atoms with Crippen LogP contribution in [0, 0.1) is 5.82 Å². The lowest BCUT2D eigenvalue weighted by molar-refractivity contribution is -0.128. The largest absolute Gasteiger partial charge is 0.325 e. The first-order chi connectivity index (χ1) is 11.7. The zero-order chi connectivity index (χ0) is 18.4. The number of benzene rings is 1. The molecule has 3 amide bonds. The van der Waals surface area contributed by atoms with Crippen LogP contribution in [-0.2, 0) is 16.8 Å². The van der Waals surface area contributed by atoms with Crippen LogP contribution < -0.4 is 5.32 Å². The first-order valence-corrected chi connectivity index (χ1v) is 8.94. The van der Waals surface area contributed by atoms with Gasteiger partial charge in [-0.15, -0.1) is 11.3 Å². The third kappa shape index (κ3) is 3.52. The Morgan fingerprint density at radius 1 is 1.36 bits per heavy atom. The van der Waals surface area contributed by atoms with Gasteiger partial charge in [0.1, 0.15) is 16.9 Å². The molecule has 25 heavy (non-hydrogen) atoms. The molecular weight excluding hydrogens is 365 g/mol. The van der Waals surface area contributed by atoms with E-state index >= 15 is 0 Å². The Labute approximate surface area is 153 Å². The van der Waals surface area contributed by atoms with Crippen molar-refractivity contribution >= 4 is 34.9 Å². The van der Waals surface area contributed by atoms with Crippen molar-refractivity contribution < 1.29 is 14.0 Å². The lowest BCUT2D eigenvalue weighted by atomic mass is 9.93. The molecule has 1 saturated heterocycles. The van der Waals surface area contributed by atoms with Gasteiger partial charge in [0.2, 0.25) is 0 Å². The molecule has 132 valence electrons. The summed E-state index contributed by atoms with van der Waals surface area (Å²) in [5.41, 5.74) is 1.17. The van der Waals surface area contributed by atoms with Gasteiger partial charge in [-0.25, -0.2) is 14.2 Å². The Hall–Kier alpha value is -1.99. The smallest absolute Gasteiger partial charge is 0.322 e. The summed E-state index contributed by atoms with van der Waals surface area (Å²) in [6.07, 6.45) is 0. The van der Waals surface area contributed by atoms with Crippen molar-refractivity contribution in [2.24, 2.45) is 0 Å². The lowest BCUT2D eigenvalue weighted by Crippen LogP contribution is -2.30. The number of hydrogen-bond donors (Lipinski definition) is 1. The first kappa shape index (κ1) is 17.8. The Morgan fingerprint density at radius 2 is 2.08 bits per heavy atom. The van der Waals surface area contributed by atoms with Crippen molar-refractivity contribution in [1.82, 2.24) is 15.2 Å². The number of amides is 3. The highest BCUT2D eigenvalue weighted by atomic mass is 35.5. The highest BCUT2D eigenvalue weighted by Crippen LogP contribution is 2.28. The molecule has 0 aliphatic carbocycles. The van der Waals surface area contributed by atoms with E-state index in [2.05, 4.69) is 10.3 Å². The van der Waals surface area contributed by atoms with E-state index in [4.69, 9.17) is 11.6 Å². The maximum absolute atomic E-state index is 13.6. The SMILES string of the molecule is CC(C)(C)c1csc(CN2C(=O)NC(c3ccc(Cl)c(F)c3)C2=O)n1. The summed E-state index contributed by atoms with van der Waals surface area (Å²) in [4.78, 5) is 30.4. The normalized spacial score (nSPS) is 18.0. The molecule has 1 fully saturated rings. The van der Waals surface area contributed by atoms with Crippen LogP contribution in [0.2, 0.25) is 5.02 Å². The van der Waals surface area contributed by atoms with Crippen LogP contribution in [0.1, 0.15) is 43.1 Å². The van der Waals surface area contributed by atoms with Crippen molar-refractivity contribution in [3.05, 3.63) is 50.7 Å². The molecule has 1 unspecified atom stereocenters. The predicted molar refractivity (Wildman–Crippen MR) is 94.0 cm³/mol. The van der Waals surface area contributed by atoms with Gasteiger partial charge in [0.05, 0.1) is 17.3 Å². The summed E-state index contributed by atoms with van der Waals surface area (Å²) in [5, 5.41) is 5.15. The lowest BCUT2D eigenvalue weighted by Gasteiger charge is -2.15. The van der Waals surface area contributed by atoms with E-state index in [0.717, 1.165) is 16.7 Å². The summed E-state index contributed by atoms with van der Waals surface area (Å²) >= 11 is 7.07. The number of hydrogen-bond acceptors (Lipinski definition) is 4. The molecule has 0 radical (unpaired) electrons. The van der Waals surface area contributed by atoms with Crippen LogP contribution in [0.25, 0.3) is 0 Å². The second-order valence-corrected chi connectivity index (χ2v) is 8.21. The maximum Gasteiger partial charge on any atom is 0.325 e. The summed E-state index contributed by atoms with van der Waals surface area (Å²) in [6, 6.07) is 2.62. The fourth-order valence-electron chi connectivity index (χ4n) is 2.45. The first-order valence-electron chi connectivity index (χ1n) is 7.68. The molecule has 1 aromatic carbocycles. The van der Waals surface area contributed by atoms with E-state index in [9.17, 15) is 14.0 Å². The van der Waals surface area contributed by atoms with Crippen LogP contribution in [0.5, 0.6) is 0 Å². The maximum atomic E-state index is 13.6. The molecule has 1 N–H and O–H groups in total. The van der Waals surface area contributed by atoms with E-state index in [-0.39, 0.29) is 17.0 Å². The van der Waals surface area contributed by atoms with Gasteiger partial charge in [-0.1, -0.05) is 38.4 Å². The minimum Gasteiger partial charge on any atom is -0.322 e. The number of aromatic nitrogens is 1. The number of rotatable bonds is 3. The van der Waals surface area contributed by atoms with Crippen molar-refractivity contribution in [2.45, 2.75) is 38.8 Å². The van der Waals surface area contributed by atoms with Crippen LogP contribution in [0.3, 0.4) is 0 Å². The number of imide groups is 1. The molecule has 1 atom stereocenters. The summed E-state index contributed by atoms with van der Waals surface area (Å²) < 4.78 is 13.6. The average molecular weight is 382 g/mol. The van der Waals surface area contributed by atoms with Crippen LogP contribution in [0.15, 0.2) is 23.6 Å². The molecule has 0 spiro atoms. The van der Waals surface area contributed by atoms with Crippen LogP contribution in [0.4, 0.5) is 9.18 Å². The standard InChI is InChI=1S/C17H17ClFN3O2S/c1-17(2,3)12-8-25-13(20-12)7-22-15(23)14(21-16(22)24)9-4-5-10(18)11(19)6-9/h4-6,8,14H,7H2,1-3H3,(H,21,24). The zero-order valence-corrected chi connectivity index (χ0v) is 15.5. The number of urea groups is 1. The molecule has 1 aliphatic rings. The molecule has 0 bridgehead atoms. The van der Waals surface area contributed by atoms with E-state index < -0.39 is 23.8 Å².